The van der Waals surface area contributed by atoms with E-state index in [0.717, 1.165) is 17.7 Å². The highest BCUT2D eigenvalue weighted by atomic mass is 19.4. The molecule has 0 saturated carbocycles. The third-order valence-corrected chi connectivity index (χ3v) is 7.14. The number of ether oxygens (including phenoxy) is 2. The van der Waals surface area contributed by atoms with Crippen LogP contribution in [-0.4, -0.2) is 43.3 Å². The number of halogens is 6. The molecule has 3 rings (SSSR count). The summed E-state index contributed by atoms with van der Waals surface area (Å²) in [4.78, 5) is 13.8. The van der Waals surface area contributed by atoms with Crippen LogP contribution in [0.25, 0.3) is 0 Å². The van der Waals surface area contributed by atoms with E-state index in [2.05, 4.69) is 11.8 Å². The summed E-state index contributed by atoms with van der Waals surface area (Å²) in [5, 5.41) is 0. The fourth-order valence-electron chi connectivity index (χ4n) is 4.98. The molecule has 2 aromatic rings. The van der Waals surface area contributed by atoms with Crippen molar-refractivity contribution < 1.29 is 40.6 Å². The minimum absolute atomic E-state index is 0.121. The molecule has 0 radical (unpaired) electrons. The average molecular weight is 584 g/mol. The van der Waals surface area contributed by atoms with Gasteiger partial charge in [-0.15, -0.1) is 0 Å². The Bertz CT molecular complexity index is 1150. The fraction of sp³-hybridized carbons (Fsp3) is 0.516. The van der Waals surface area contributed by atoms with Crippen molar-refractivity contribution in [3.05, 3.63) is 71.3 Å². The number of likely N-dealkylation sites (tertiary alicyclic amines) is 1. The molecule has 0 bridgehead atoms. The van der Waals surface area contributed by atoms with Crippen molar-refractivity contribution in [1.29, 1.82) is 0 Å². The first-order valence-corrected chi connectivity index (χ1v) is 13.5. The van der Waals surface area contributed by atoms with Gasteiger partial charge >= 0.3 is 18.3 Å². The molecule has 4 nitrogen and oxygen atoms in total. The summed E-state index contributed by atoms with van der Waals surface area (Å²) in [7, 11) is 1.28. The van der Waals surface area contributed by atoms with Crippen LogP contribution in [0.2, 0.25) is 0 Å². The minimum Gasteiger partial charge on any atom is -0.469 e. The molecular formula is C31H35F6NO3. The topological polar surface area (TPSA) is 38.8 Å². The monoisotopic (exact) mass is 583 g/mol. The Labute approximate surface area is 237 Å². The fourth-order valence-corrected chi connectivity index (χ4v) is 4.98. The lowest BCUT2D eigenvalue weighted by atomic mass is 9.83. The Morgan fingerprint density at radius 1 is 1.02 bits per heavy atom. The number of carbonyl (C=O) groups is 1. The van der Waals surface area contributed by atoms with Gasteiger partial charge in [-0.2, -0.15) is 26.3 Å². The van der Waals surface area contributed by atoms with E-state index < -0.39 is 42.4 Å². The van der Waals surface area contributed by atoms with Crippen LogP contribution in [0.3, 0.4) is 0 Å². The first-order valence-electron chi connectivity index (χ1n) is 13.5. The zero-order valence-electron chi connectivity index (χ0n) is 23.1. The number of hydrogen-bond acceptors (Lipinski definition) is 4. The van der Waals surface area contributed by atoms with E-state index in [4.69, 9.17) is 9.47 Å². The molecule has 0 N–H and O–H groups in total. The number of methoxy groups -OCH3 is 1. The van der Waals surface area contributed by atoms with Crippen molar-refractivity contribution in [2.45, 2.75) is 70.1 Å². The second kappa shape index (κ2) is 14.7. The Kier molecular flexibility index (Phi) is 11.7. The average Bonchev–Trinajstić information content (AvgIpc) is 2.93. The summed E-state index contributed by atoms with van der Waals surface area (Å²) in [6.45, 7) is 2.84. The number of rotatable bonds is 10. The van der Waals surface area contributed by atoms with Crippen LogP contribution in [0, 0.1) is 23.7 Å². The zero-order valence-corrected chi connectivity index (χ0v) is 23.1. The van der Waals surface area contributed by atoms with Crippen LogP contribution in [-0.2, 0) is 27.1 Å². The van der Waals surface area contributed by atoms with Gasteiger partial charge in [0.05, 0.1) is 31.9 Å². The van der Waals surface area contributed by atoms with Crippen molar-refractivity contribution in [2.75, 3.05) is 20.3 Å². The van der Waals surface area contributed by atoms with E-state index in [1.807, 2.05) is 42.2 Å². The lowest BCUT2D eigenvalue weighted by molar-refractivity contribution is -0.143. The maximum Gasteiger partial charge on any atom is 0.416 e. The Balaban J connectivity index is 1.83. The largest absolute Gasteiger partial charge is 0.469 e. The van der Waals surface area contributed by atoms with E-state index >= 15 is 0 Å². The number of esters is 1. The van der Waals surface area contributed by atoms with Gasteiger partial charge in [0.15, 0.2) is 0 Å². The second-order valence-corrected chi connectivity index (χ2v) is 10.4. The highest BCUT2D eigenvalue weighted by molar-refractivity contribution is 5.69. The molecule has 0 aliphatic carbocycles. The van der Waals surface area contributed by atoms with Crippen molar-refractivity contribution in [1.82, 2.24) is 4.90 Å². The smallest absolute Gasteiger partial charge is 0.416 e. The van der Waals surface area contributed by atoms with E-state index in [9.17, 15) is 31.1 Å². The number of carbonyl (C=O) groups excluding carboxylic acids is 1. The number of hydrogen-bond donors (Lipinski definition) is 0. The van der Waals surface area contributed by atoms with Crippen LogP contribution in [0.4, 0.5) is 26.3 Å². The van der Waals surface area contributed by atoms with Gasteiger partial charge in [0.25, 0.3) is 0 Å². The van der Waals surface area contributed by atoms with E-state index in [1.54, 1.807) is 0 Å². The lowest BCUT2D eigenvalue weighted by Crippen LogP contribution is -2.44. The van der Waals surface area contributed by atoms with Gasteiger partial charge in [-0.25, -0.2) is 0 Å². The van der Waals surface area contributed by atoms with Crippen molar-refractivity contribution in [3.63, 3.8) is 0 Å². The Morgan fingerprint density at radius 2 is 1.71 bits per heavy atom. The van der Waals surface area contributed by atoms with Gasteiger partial charge in [-0.1, -0.05) is 54.3 Å². The predicted molar refractivity (Wildman–Crippen MR) is 142 cm³/mol. The molecule has 1 aliphatic heterocycles. The standard InChI is InChI=1S/C31H35F6NO3/c1-22(20-41-21-23-6-4-3-5-7-23)8-13-27(14-16-30(32,33)34)38-17-15-24(19-29(39)40-2)18-28(38)25-9-11-26(12-10-25)31(35,36)37/h3-7,9-12,22,24,27-28H,14-21H2,1-2H3/t22?,24-,27+,28+/m1/s1. The van der Waals surface area contributed by atoms with Crippen LogP contribution in [0.15, 0.2) is 54.6 Å². The predicted octanol–water partition coefficient (Wildman–Crippen LogP) is 7.59. The first-order chi connectivity index (χ1) is 19.4. The SMILES string of the molecule is COC(=O)C[C@@H]1CCN([C@@H](C#CC(C)COCc2ccccc2)CCC(F)(F)F)[C@H](c2ccc(C(F)(F)F)cc2)C1. The molecule has 1 saturated heterocycles. The molecule has 0 spiro atoms. The van der Waals surface area contributed by atoms with Crippen LogP contribution < -0.4 is 0 Å². The zero-order chi connectivity index (χ0) is 30.0. The second-order valence-electron chi connectivity index (χ2n) is 10.4. The minimum atomic E-state index is -4.52. The summed E-state index contributed by atoms with van der Waals surface area (Å²) in [5.41, 5.74) is 0.711. The van der Waals surface area contributed by atoms with Crippen molar-refractivity contribution >= 4 is 5.97 Å². The normalized spacial score (nSPS) is 19.6. The molecule has 1 heterocycles. The molecule has 1 fully saturated rings. The van der Waals surface area contributed by atoms with Gasteiger partial charge in [-0.3, -0.25) is 9.69 Å². The van der Waals surface area contributed by atoms with Crippen molar-refractivity contribution in [3.8, 4) is 11.8 Å². The molecule has 0 aromatic heterocycles. The number of piperidine rings is 1. The molecule has 1 aliphatic rings. The third-order valence-electron chi connectivity index (χ3n) is 7.14. The van der Waals surface area contributed by atoms with Gasteiger partial charge < -0.3 is 9.47 Å². The van der Waals surface area contributed by atoms with Gasteiger partial charge in [0.1, 0.15) is 0 Å². The highest BCUT2D eigenvalue weighted by Gasteiger charge is 2.37. The van der Waals surface area contributed by atoms with Gasteiger partial charge in [0.2, 0.25) is 0 Å². The summed E-state index contributed by atoms with van der Waals surface area (Å²) in [6.07, 6.45) is -9.22. The van der Waals surface area contributed by atoms with Crippen molar-refractivity contribution in [2.24, 2.45) is 11.8 Å². The van der Waals surface area contributed by atoms with Crippen LogP contribution in [0.5, 0.6) is 0 Å². The molecule has 10 heteroatoms. The van der Waals surface area contributed by atoms with Crippen LogP contribution >= 0.6 is 0 Å². The number of benzene rings is 2. The molecule has 4 atom stereocenters. The Hall–Kier alpha value is -3.03. The summed E-state index contributed by atoms with van der Waals surface area (Å²) < 4.78 is 89.9. The van der Waals surface area contributed by atoms with Crippen LogP contribution in [0.1, 0.15) is 61.8 Å². The molecular weight excluding hydrogens is 548 g/mol. The molecule has 0 amide bonds. The van der Waals surface area contributed by atoms with E-state index in [1.165, 1.54) is 19.2 Å². The van der Waals surface area contributed by atoms with E-state index in [0.29, 0.717) is 31.6 Å². The molecule has 1 unspecified atom stereocenters. The third kappa shape index (κ3) is 10.7. The van der Waals surface area contributed by atoms with Gasteiger partial charge in [-0.05, 0) is 55.4 Å². The summed E-state index contributed by atoms with van der Waals surface area (Å²) in [5.74, 6) is 5.29. The maximum absolute atomic E-state index is 13.3. The van der Waals surface area contributed by atoms with E-state index in [-0.39, 0.29) is 31.3 Å². The molecule has 224 valence electrons. The van der Waals surface area contributed by atoms with Gasteiger partial charge in [0, 0.05) is 31.3 Å². The number of alkyl halides is 6. The first kappa shape index (κ1) is 32.5. The molecule has 2 aromatic carbocycles. The highest BCUT2D eigenvalue weighted by Crippen LogP contribution is 2.39. The summed E-state index contributed by atoms with van der Waals surface area (Å²) in [6, 6.07) is 12.9. The Morgan fingerprint density at radius 3 is 2.32 bits per heavy atom. The summed E-state index contributed by atoms with van der Waals surface area (Å²) >= 11 is 0. The maximum atomic E-state index is 13.3. The quantitative estimate of drug-likeness (QED) is 0.164. The number of nitrogens with zero attached hydrogens (tertiary/aromatic N) is 1. The molecule has 41 heavy (non-hydrogen) atoms. The lowest BCUT2D eigenvalue weighted by Gasteiger charge is -2.42.